The zero-order chi connectivity index (χ0) is 6.97. The Bertz CT molecular complexity index is 222. The van der Waals surface area contributed by atoms with Crippen molar-refractivity contribution < 1.29 is 0 Å². The van der Waals surface area contributed by atoms with Crippen molar-refractivity contribution in [1.82, 2.24) is 0 Å². The summed E-state index contributed by atoms with van der Waals surface area (Å²) >= 11 is 0. The maximum atomic E-state index is 8.62. The zero-order valence-electron chi connectivity index (χ0n) is 5.44. The number of nitriles is 1. The Morgan fingerprint density at radius 1 is 1.40 bits per heavy atom. The summed E-state index contributed by atoms with van der Waals surface area (Å²) in [7, 11) is 0. The van der Waals surface area contributed by atoms with Crippen LogP contribution in [0.5, 0.6) is 0 Å². The summed E-state index contributed by atoms with van der Waals surface area (Å²) in [6, 6.07) is 2.21. The van der Waals surface area contributed by atoms with Crippen LogP contribution < -0.4 is 0 Å². The number of fused-ring (bicyclic) bond motifs is 1. The van der Waals surface area contributed by atoms with Crippen molar-refractivity contribution in [2.75, 3.05) is 0 Å². The van der Waals surface area contributed by atoms with E-state index in [1.54, 1.807) is 0 Å². The Morgan fingerprint density at radius 3 is 2.40 bits per heavy atom. The summed E-state index contributed by atoms with van der Waals surface area (Å²) in [6.07, 6.45) is 4.61. The van der Waals surface area contributed by atoms with Crippen molar-refractivity contribution in [3.05, 3.63) is 0 Å². The quantitative estimate of drug-likeness (QED) is 0.478. The predicted octanol–water partition coefficient (Wildman–Crippen LogP) is 0.627. The third-order valence-electron chi connectivity index (χ3n) is 1.91. The maximum absolute atomic E-state index is 8.62. The van der Waals surface area contributed by atoms with Crippen LogP contribution in [0.4, 0.5) is 0 Å². The molecule has 10 heavy (non-hydrogen) atoms. The molecule has 0 fully saturated rings. The smallest absolute Gasteiger partial charge is 0.154 e. The van der Waals surface area contributed by atoms with E-state index in [4.69, 9.17) is 5.26 Å². The van der Waals surface area contributed by atoms with Crippen molar-refractivity contribution >= 4 is 12.4 Å². The van der Waals surface area contributed by atoms with E-state index < -0.39 is 0 Å². The first-order chi connectivity index (χ1) is 4.90. The average molecular weight is 133 g/mol. The summed E-state index contributed by atoms with van der Waals surface area (Å²) in [4.78, 5) is 8.21. The fraction of sp³-hybridized carbons (Fsp3) is 0.571. The molecule has 1 atom stereocenters. The van der Waals surface area contributed by atoms with E-state index in [2.05, 4.69) is 16.1 Å². The van der Waals surface area contributed by atoms with E-state index in [1.165, 1.54) is 0 Å². The summed E-state index contributed by atoms with van der Waals surface area (Å²) in [5.41, 5.74) is 0. The molecule has 3 rings (SSSR count). The van der Waals surface area contributed by atoms with Crippen LogP contribution in [0.2, 0.25) is 0 Å². The van der Waals surface area contributed by atoms with Crippen molar-refractivity contribution in [2.45, 2.75) is 12.6 Å². The fourth-order valence-corrected chi connectivity index (χ4v) is 1.34. The van der Waals surface area contributed by atoms with Gasteiger partial charge < -0.3 is 0 Å². The lowest BCUT2D eigenvalue weighted by molar-refractivity contribution is 0.442. The maximum Gasteiger partial charge on any atom is 0.154 e. The molecule has 50 valence electrons. The minimum atomic E-state index is -0.0880. The van der Waals surface area contributed by atoms with Crippen LogP contribution in [0.3, 0.4) is 0 Å². The van der Waals surface area contributed by atoms with Crippen molar-refractivity contribution in [1.29, 1.82) is 5.26 Å². The SMILES string of the molecule is N#CC1CC2C=NC1N=C2. The zero-order valence-corrected chi connectivity index (χ0v) is 5.44. The van der Waals surface area contributed by atoms with Gasteiger partial charge in [0.25, 0.3) is 0 Å². The first kappa shape index (κ1) is 5.60. The van der Waals surface area contributed by atoms with Crippen LogP contribution in [0.25, 0.3) is 0 Å². The number of hydrogen-bond donors (Lipinski definition) is 0. The number of rotatable bonds is 0. The number of nitrogens with zero attached hydrogens (tertiary/aromatic N) is 3. The molecular weight excluding hydrogens is 126 g/mol. The van der Waals surface area contributed by atoms with Crippen LogP contribution in [-0.2, 0) is 0 Å². The summed E-state index contributed by atoms with van der Waals surface area (Å²) in [6.45, 7) is 0. The van der Waals surface area contributed by atoms with Gasteiger partial charge in [-0.15, -0.1) is 0 Å². The molecule has 0 saturated carbocycles. The highest BCUT2D eigenvalue weighted by Crippen LogP contribution is 2.25. The van der Waals surface area contributed by atoms with Gasteiger partial charge in [-0.25, -0.2) is 0 Å². The van der Waals surface area contributed by atoms with Gasteiger partial charge in [-0.05, 0) is 6.42 Å². The second-order valence-electron chi connectivity index (χ2n) is 2.65. The van der Waals surface area contributed by atoms with E-state index in [0.717, 1.165) is 6.42 Å². The molecular formula is C7H7N3. The molecule has 0 spiro atoms. The van der Waals surface area contributed by atoms with Gasteiger partial charge in [0.05, 0.1) is 12.0 Å². The lowest BCUT2D eigenvalue weighted by Gasteiger charge is -2.26. The van der Waals surface area contributed by atoms with E-state index >= 15 is 0 Å². The number of hydrogen-bond acceptors (Lipinski definition) is 3. The van der Waals surface area contributed by atoms with Crippen molar-refractivity contribution in [3.63, 3.8) is 0 Å². The molecule has 0 N–H and O–H groups in total. The second-order valence-corrected chi connectivity index (χ2v) is 2.65. The molecule has 0 amide bonds. The average Bonchev–Trinajstić information content (AvgIpc) is 2.06. The van der Waals surface area contributed by atoms with Gasteiger partial charge in [-0.2, -0.15) is 5.26 Å². The molecule has 3 aliphatic rings. The highest BCUT2D eigenvalue weighted by molar-refractivity contribution is 5.86. The lowest BCUT2D eigenvalue weighted by atomic mass is 9.89. The Kier molecular flexibility index (Phi) is 1.07. The third kappa shape index (κ3) is 0.655. The van der Waals surface area contributed by atoms with Gasteiger partial charge in [0.15, 0.2) is 6.17 Å². The molecule has 0 aromatic rings. The van der Waals surface area contributed by atoms with Crippen LogP contribution in [0, 0.1) is 23.2 Å². The molecule has 0 aromatic carbocycles. The second kappa shape index (κ2) is 1.91. The first-order valence-corrected chi connectivity index (χ1v) is 3.36. The highest BCUT2D eigenvalue weighted by atomic mass is 15.0. The molecule has 0 aliphatic carbocycles. The van der Waals surface area contributed by atoms with Gasteiger partial charge >= 0.3 is 0 Å². The summed E-state index contributed by atoms with van der Waals surface area (Å²) in [5.74, 6) is 0.356. The fourth-order valence-electron chi connectivity index (χ4n) is 1.34. The Morgan fingerprint density at radius 2 is 2.10 bits per heavy atom. The van der Waals surface area contributed by atoms with Crippen LogP contribution in [0.15, 0.2) is 9.98 Å². The van der Waals surface area contributed by atoms with E-state index in [-0.39, 0.29) is 12.1 Å². The molecule has 3 heterocycles. The molecule has 0 aromatic heterocycles. The van der Waals surface area contributed by atoms with E-state index in [0.29, 0.717) is 5.92 Å². The minimum absolute atomic E-state index is 0.0278. The standard InChI is InChI=1S/C7H7N3/c8-2-6-1-5-3-9-7(6)10-4-5/h3-7H,1H2. The van der Waals surface area contributed by atoms with Gasteiger partial charge in [0.2, 0.25) is 0 Å². The molecule has 3 nitrogen and oxygen atoms in total. The topological polar surface area (TPSA) is 48.5 Å². The molecule has 3 heteroatoms. The number of aliphatic imine (C=N–C) groups is 2. The largest absolute Gasteiger partial charge is 0.269 e. The lowest BCUT2D eigenvalue weighted by Crippen LogP contribution is -2.31. The van der Waals surface area contributed by atoms with E-state index in [1.807, 2.05) is 12.4 Å². The van der Waals surface area contributed by atoms with Crippen LogP contribution in [-0.4, -0.2) is 18.6 Å². The Balaban J connectivity index is 2.29. The van der Waals surface area contributed by atoms with Gasteiger partial charge in [-0.1, -0.05) is 0 Å². The van der Waals surface area contributed by atoms with Crippen LogP contribution >= 0.6 is 0 Å². The Hall–Kier alpha value is -1.17. The van der Waals surface area contributed by atoms with Gasteiger partial charge in [0, 0.05) is 18.3 Å². The highest BCUT2D eigenvalue weighted by Gasteiger charge is 2.29. The molecule has 0 radical (unpaired) electrons. The minimum Gasteiger partial charge on any atom is -0.269 e. The van der Waals surface area contributed by atoms with Gasteiger partial charge in [0.1, 0.15) is 0 Å². The third-order valence-corrected chi connectivity index (χ3v) is 1.91. The molecule has 2 bridgehead atoms. The molecule has 1 unspecified atom stereocenters. The van der Waals surface area contributed by atoms with E-state index in [9.17, 15) is 0 Å². The first-order valence-electron chi connectivity index (χ1n) is 3.36. The predicted molar refractivity (Wildman–Crippen MR) is 38.0 cm³/mol. The molecule has 3 aliphatic heterocycles. The van der Waals surface area contributed by atoms with Crippen LogP contribution in [0.1, 0.15) is 6.42 Å². The molecule has 0 saturated heterocycles. The summed E-state index contributed by atoms with van der Waals surface area (Å²) in [5, 5.41) is 8.62. The summed E-state index contributed by atoms with van der Waals surface area (Å²) < 4.78 is 0. The van der Waals surface area contributed by atoms with Crippen molar-refractivity contribution in [2.24, 2.45) is 21.8 Å². The Labute approximate surface area is 59.1 Å². The van der Waals surface area contributed by atoms with Crippen molar-refractivity contribution in [3.8, 4) is 6.07 Å². The van der Waals surface area contributed by atoms with Gasteiger partial charge in [-0.3, -0.25) is 9.98 Å². The normalized spacial score (nSPS) is 41.7. The monoisotopic (exact) mass is 133 g/mol.